The minimum absolute atomic E-state index is 0.287. The molecule has 0 fully saturated rings. The topological polar surface area (TPSA) is 37.3 Å². The summed E-state index contributed by atoms with van der Waals surface area (Å²) in [6.45, 7) is 6.85. The molecule has 2 heteroatoms. The van der Waals surface area contributed by atoms with Gasteiger partial charge in [-0.05, 0) is 13.8 Å². The fraction of sp³-hybridized carbons (Fsp3) is 0.286. The molecule has 0 radical (unpaired) electrons. The standard InChI is InChI=1S/C7H10O2/c1-4-6(5(2)3)7(8)9/h4H,1H2,2-3H3,(H,8,9). The Morgan fingerprint density at radius 2 is 2.00 bits per heavy atom. The molecule has 1 N–H and O–H groups in total. The first-order valence-corrected chi connectivity index (χ1v) is 2.62. The van der Waals surface area contributed by atoms with Crippen molar-refractivity contribution in [2.75, 3.05) is 0 Å². The molecule has 0 aliphatic rings. The molecule has 0 saturated carbocycles. The van der Waals surface area contributed by atoms with E-state index in [1.54, 1.807) is 13.8 Å². The Labute approximate surface area is 54.5 Å². The lowest BCUT2D eigenvalue weighted by molar-refractivity contribution is -0.132. The maximum atomic E-state index is 10.2. The van der Waals surface area contributed by atoms with Gasteiger partial charge in [0.2, 0.25) is 0 Å². The smallest absolute Gasteiger partial charge is 0.335 e. The molecule has 0 spiro atoms. The predicted molar refractivity (Wildman–Crippen MR) is 36.2 cm³/mol. The molecule has 0 rings (SSSR count). The largest absolute Gasteiger partial charge is 0.478 e. The Morgan fingerprint density at radius 3 is 2.00 bits per heavy atom. The summed E-state index contributed by atoms with van der Waals surface area (Å²) in [4.78, 5) is 10.2. The molecule has 0 aromatic carbocycles. The maximum absolute atomic E-state index is 10.2. The van der Waals surface area contributed by atoms with Gasteiger partial charge in [-0.25, -0.2) is 4.79 Å². The van der Waals surface area contributed by atoms with Crippen LogP contribution in [0.3, 0.4) is 0 Å². The summed E-state index contributed by atoms with van der Waals surface area (Å²) in [7, 11) is 0. The summed E-state index contributed by atoms with van der Waals surface area (Å²) in [6, 6.07) is 0. The van der Waals surface area contributed by atoms with Gasteiger partial charge in [0.15, 0.2) is 0 Å². The summed E-state index contributed by atoms with van der Waals surface area (Å²) in [5, 5.41) is 8.41. The zero-order valence-corrected chi connectivity index (χ0v) is 5.64. The van der Waals surface area contributed by atoms with Crippen molar-refractivity contribution >= 4 is 5.97 Å². The van der Waals surface area contributed by atoms with E-state index in [9.17, 15) is 4.79 Å². The van der Waals surface area contributed by atoms with Crippen molar-refractivity contribution in [2.24, 2.45) is 0 Å². The molecule has 0 aromatic rings. The van der Waals surface area contributed by atoms with E-state index in [0.717, 1.165) is 5.57 Å². The van der Waals surface area contributed by atoms with E-state index >= 15 is 0 Å². The molecular formula is C7H10O2. The molecule has 0 unspecified atom stereocenters. The second-order valence-electron chi connectivity index (χ2n) is 1.92. The van der Waals surface area contributed by atoms with Crippen LogP contribution in [0.2, 0.25) is 0 Å². The molecular weight excluding hydrogens is 116 g/mol. The van der Waals surface area contributed by atoms with Gasteiger partial charge in [0.25, 0.3) is 0 Å². The first-order chi connectivity index (χ1) is 4.09. The number of hydrogen-bond acceptors (Lipinski definition) is 1. The Hall–Kier alpha value is -1.05. The fourth-order valence-electron chi connectivity index (χ4n) is 0.505. The van der Waals surface area contributed by atoms with Gasteiger partial charge in [0, 0.05) is 0 Å². The van der Waals surface area contributed by atoms with Crippen molar-refractivity contribution < 1.29 is 9.90 Å². The van der Waals surface area contributed by atoms with Gasteiger partial charge < -0.3 is 5.11 Å². The Bertz CT molecular complexity index is 162. The highest BCUT2D eigenvalue weighted by molar-refractivity contribution is 5.90. The van der Waals surface area contributed by atoms with Crippen molar-refractivity contribution in [2.45, 2.75) is 13.8 Å². The van der Waals surface area contributed by atoms with Crippen molar-refractivity contribution in [3.8, 4) is 0 Å². The van der Waals surface area contributed by atoms with E-state index < -0.39 is 5.97 Å². The van der Waals surface area contributed by atoms with Crippen LogP contribution >= 0.6 is 0 Å². The van der Waals surface area contributed by atoms with Gasteiger partial charge >= 0.3 is 5.97 Å². The van der Waals surface area contributed by atoms with Gasteiger partial charge in [-0.1, -0.05) is 18.2 Å². The second kappa shape index (κ2) is 3.07. The number of rotatable bonds is 2. The Kier molecular flexibility index (Phi) is 2.71. The van der Waals surface area contributed by atoms with Crippen molar-refractivity contribution in [1.29, 1.82) is 0 Å². The van der Waals surface area contributed by atoms with E-state index in [0.29, 0.717) is 0 Å². The van der Waals surface area contributed by atoms with Crippen molar-refractivity contribution in [3.63, 3.8) is 0 Å². The van der Waals surface area contributed by atoms with Crippen molar-refractivity contribution in [1.82, 2.24) is 0 Å². The highest BCUT2D eigenvalue weighted by atomic mass is 16.4. The highest BCUT2D eigenvalue weighted by Gasteiger charge is 2.01. The van der Waals surface area contributed by atoms with Crippen LogP contribution in [0.15, 0.2) is 23.8 Å². The van der Waals surface area contributed by atoms with E-state index in [-0.39, 0.29) is 5.57 Å². The third-order valence-electron chi connectivity index (χ3n) is 0.973. The summed E-state index contributed by atoms with van der Waals surface area (Å²) < 4.78 is 0. The lowest BCUT2D eigenvalue weighted by Gasteiger charge is -1.94. The first kappa shape index (κ1) is 7.95. The molecule has 50 valence electrons. The molecule has 0 aromatic heterocycles. The monoisotopic (exact) mass is 126 g/mol. The van der Waals surface area contributed by atoms with Crippen LogP contribution in [-0.4, -0.2) is 11.1 Å². The maximum Gasteiger partial charge on any atom is 0.335 e. The van der Waals surface area contributed by atoms with E-state index in [1.807, 2.05) is 0 Å². The molecule has 0 amide bonds. The predicted octanol–water partition coefficient (Wildman–Crippen LogP) is 1.59. The van der Waals surface area contributed by atoms with Crippen LogP contribution in [0.5, 0.6) is 0 Å². The molecule has 0 heterocycles. The van der Waals surface area contributed by atoms with Crippen LogP contribution in [0.4, 0.5) is 0 Å². The second-order valence-corrected chi connectivity index (χ2v) is 1.92. The third-order valence-corrected chi connectivity index (χ3v) is 0.973. The van der Waals surface area contributed by atoms with Crippen LogP contribution in [0.25, 0.3) is 0 Å². The summed E-state index contributed by atoms with van der Waals surface area (Å²) in [5.41, 5.74) is 1.06. The normalized spacial score (nSPS) is 8.22. The summed E-state index contributed by atoms with van der Waals surface area (Å²) in [6.07, 6.45) is 1.34. The molecule has 0 atom stereocenters. The number of hydrogen-bond donors (Lipinski definition) is 1. The third kappa shape index (κ3) is 2.13. The SMILES string of the molecule is C=CC(C(=O)O)=C(C)C. The van der Waals surface area contributed by atoms with Gasteiger partial charge in [0.05, 0.1) is 5.57 Å². The van der Waals surface area contributed by atoms with E-state index in [4.69, 9.17) is 5.11 Å². The van der Waals surface area contributed by atoms with Gasteiger partial charge in [-0.2, -0.15) is 0 Å². The summed E-state index contributed by atoms with van der Waals surface area (Å²) in [5.74, 6) is -0.912. The fourth-order valence-corrected chi connectivity index (χ4v) is 0.505. The molecule has 0 saturated heterocycles. The first-order valence-electron chi connectivity index (χ1n) is 2.62. The zero-order chi connectivity index (χ0) is 7.44. The van der Waals surface area contributed by atoms with E-state index in [2.05, 4.69) is 6.58 Å². The quantitative estimate of drug-likeness (QED) is 0.450. The molecule has 2 nitrogen and oxygen atoms in total. The average molecular weight is 126 g/mol. The Morgan fingerprint density at radius 1 is 1.56 bits per heavy atom. The minimum atomic E-state index is -0.912. The van der Waals surface area contributed by atoms with E-state index in [1.165, 1.54) is 6.08 Å². The molecule has 0 aliphatic carbocycles. The zero-order valence-electron chi connectivity index (χ0n) is 5.64. The minimum Gasteiger partial charge on any atom is -0.478 e. The number of carboxylic acids is 1. The van der Waals surface area contributed by atoms with Crippen LogP contribution in [-0.2, 0) is 4.79 Å². The Balaban J connectivity index is 4.55. The summed E-state index contributed by atoms with van der Waals surface area (Å²) >= 11 is 0. The average Bonchev–Trinajstić information content (AvgIpc) is 1.64. The number of aliphatic carboxylic acids is 1. The highest BCUT2D eigenvalue weighted by Crippen LogP contribution is 2.02. The lowest BCUT2D eigenvalue weighted by atomic mass is 10.1. The van der Waals surface area contributed by atoms with Gasteiger partial charge in [-0.15, -0.1) is 0 Å². The van der Waals surface area contributed by atoms with Crippen LogP contribution < -0.4 is 0 Å². The lowest BCUT2D eigenvalue weighted by Crippen LogP contribution is -1.98. The van der Waals surface area contributed by atoms with Crippen molar-refractivity contribution in [3.05, 3.63) is 23.8 Å². The molecule has 0 bridgehead atoms. The number of carbonyl (C=O) groups is 1. The van der Waals surface area contributed by atoms with Gasteiger partial charge in [-0.3, -0.25) is 0 Å². The number of carboxylic acid groups (broad SMARTS) is 1. The van der Waals surface area contributed by atoms with Crippen LogP contribution in [0, 0.1) is 0 Å². The van der Waals surface area contributed by atoms with Crippen LogP contribution in [0.1, 0.15) is 13.8 Å². The molecule has 0 aliphatic heterocycles. The molecule has 9 heavy (non-hydrogen) atoms. The number of allylic oxidation sites excluding steroid dienone is 1. The van der Waals surface area contributed by atoms with Gasteiger partial charge in [0.1, 0.15) is 0 Å².